The summed E-state index contributed by atoms with van der Waals surface area (Å²) < 4.78 is 0. The highest BCUT2D eigenvalue weighted by Crippen LogP contribution is 1.93. The van der Waals surface area contributed by atoms with Gasteiger partial charge in [-0.05, 0) is 17.8 Å². The minimum absolute atomic E-state index is 0.595. The molecule has 0 saturated heterocycles. The Morgan fingerprint density at radius 2 is 2.00 bits per heavy atom. The molecule has 4 heteroatoms. The van der Waals surface area contributed by atoms with Crippen LogP contribution in [0.4, 0.5) is 0 Å². The summed E-state index contributed by atoms with van der Waals surface area (Å²) in [6.07, 6.45) is 1.73. The second kappa shape index (κ2) is 5.34. The van der Waals surface area contributed by atoms with Crippen LogP contribution in [-0.4, -0.2) is 30.3 Å². The Morgan fingerprint density at radius 1 is 1.36 bits per heavy atom. The maximum Gasteiger partial charge on any atom is 0.189 e. The molecule has 0 amide bonds. The Bertz CT molecular complexity index is 319. The zero-order valence-corrected chi connectivity index (χ0v) is 9.08. The van der Waals surface area contributed by atoms with Gasteiger partial charge in [-0.25, -0.2) is 0 Å². The number of nitrogens with zero attached hydrogens (tertiary/aromatic N) is 2. The predicted molar refractivity (Wildman–Crippen MR) is 63.5 cm³/mol. The van der Waals surface area contributed by atoms with Gasteiger partial charge in [0.05, 0.1) is 6.21 Å². The van der Waals surface area contributed by atoms with Crippen LogP contribution in [0.3, 0.4) is 0 Å². The second-order valence-electron chi connectivity index (χ2n) is 2.98. The first kappa shape index (κ1) is 10.7. The first-order chi connectivity index (χ1) is 6.70. The molecule has 14 heavy (non-hydrogen) atoms. The predicted octanol–water partition coefficient (Wildman–Crippen LogP) is 1.46. The van der Waals surface area contributed by atoms with E-state index in [1.807, 2.05) is 44.4 Å². The fraction of sp³-hybridized carbons (Fsp3) is 0.200. The minimum Gasteiger partial charge on any atom is -0.354 e. The summed E-state index contributed by atoms with van der Waals surface area (Å²) in [5, 5.41) is 4.60. The molecule has 0 spiro atoms. The third-order valence-corrected chi connectivity index (χ3v) is 2.04. The van der Waals surface area contributed by atoms with Crippen LogP contribution >= 0.6 is 12.2 Å². The van der Waals surface area contributed by atoms with Gasteiger partial charge in [-0.3, -0.25) is 5.43 Å². The number of benzene rings is 1. The van der Waals surface area contributed by atoms with Gasteiger partial charge in [0.2, 0.25) is 0 Å². The van der Waals surface area contributed by atoms with Crippen LogP contribution < -0.4 is 5.43 Å². The maximum atomic E-state index is 4.99. The summed E-state index contributed by atoms with van der Waals surface area (Å²) in [4.78, 5) is 1.79. The summed E-state index contributed by atoms with van der Waals surface area (Å²) in [5.74, 6) is 0. The summed E-state index contributed by atoms with van der Waals surface area (Å²) in [7, 11) is 3.74. The van der Waals surface area contributed by atoms with Gasteiger partial charge in [-0.15, -0.1) is 0 Å². The van der Waals surface area contributed by atoms with Crippen molar-refractivity contribution in [2.24, 2.45) is 5.10 Å². The van der Waals surface area contributed by atoms with Crippen LogP contribution in [0.1, 0.15) is 5.56 Å². The largest absolute Gasteiger partial charge is 0.354 e. The van der Waals surface area contributed by atoms with E-state index in [1.54, 1.807) is 11.1 Å². The summed E-state index contributed by atoms with van der Waals surface area (Å²) in [6.45, 7) is 0. The van der Waals surface area contributed by atoms with Crippen molar-refractivity contribution in [2.75, 3.05) is 14.1 Å². The van der Waals surface area contributed by atoms with Crippen LogP contribution in [0.5, 0.6) is 0 Å². The van der Waals surface area contributed by atoms with Gasteiger partial charge in [-0.1, -0.05) is 30.3 Å². The Labute approximate surface area is 89.4 Å². The molecule has 1 N–H and O–H groups in total. The quantitative estimate of drug-likeness (QED) is 0.452. The van der Waals surface area contributed by atoms with E-state index in [1.165, 1.54) is 0 Å². The van der Waals surface area contributed by atoms with E-state index in [2.05, 4.69) is 10.5 Å². The molecule has 0 aliphatic rings. The average Bonchev–Trinajstić information content (AvgIpc) is 2.19. The van der Waals surface area contributed by atoms with Gasteiger partial charge in [0.25, 0.3) is 0 Å². The first-order valence-electron chi connectivity index (χ1n) is 4.25. The smallest absolute Gasteiger partial charge is 0.189 e. The Hall–Kier alpha value is -1.42. The number of nitrogens with one attached hydrogen (secondary N) is 1. The topological polar surface area (TPSA) is 27.6 Å². The third-order valence-electron chi connectivity index (χ3n) is 1.58. The molecule has 0 atom stereocenters. The van der Waals surface area contributed by atoms with Crippen molar-refractivity contribution in [1.29, 1.82) is 0 Å². The molecule has 1 rings (SSSR count). The van der Waals surface area contributed by atoms with Crippen molar-refractivity contribution >= 4 is 23.5 Å². The zero-order chi connectivity index (χ0) is 10.4. The van der Waals surface area contributed by atoms with Crippen LogP contribution in [0.15, 0.2) is 35.4 Å². The third kappa shape index (κ3) is 3.53. The van der Waals surface area contributed by atoms with Crippen molar-refractivity contribution in [3.63, 3.8) is 0 Å². The maximum absolute atomic E-state index is 4.99. The Morgan fingerprint density at radius 3 is 2.57 bits per heavy atom. The molecule has 0 bridgehead atoms. The number of hydrogen-bond acceptors (Lipinski definition) is 2. The van der Waals surface area contributed by atoms with E-state index >= 15 is 0 Å². The first-order valence-corrected chi connectivity index (χ1v) is 4.66. The monoisotopic (exact) mass is 207 g/mol. The van der Waals surface area contributed by atoms with E-state index in [0.29, 0.717) is 5.11 Å². The molecule has 0 unspecified atom stereocenters. The molecule has 1 aromatic rings. The molecule has 74 valence electrons. The normalized spacial score (nSPS) is 10.1. The van der Waals surface area contributed by atoms with E-state index in [-0.39, 0.29) is 0 Å². The fourth-order valence-electron chi connectivity index (χ4n) is 0.801. The lowest BCUT2D eigenvalue weighted by Crippen LogP contribution is -2.30. The highest BCUT2D eigenvalue weighted by Gasteiger charge is 1.93. The van der Waals surface area contributed by atoms with Crippen LogP contribution in [0, 0.1) is 0 Å². The van der Waals surface area contributed by atoms with Gasteiger partial charge < -0.3 is 4.90 Å². The molecular formula is C10H13N3S. The van der Waals surface area contributed by atoms with Crippen LogP contribution in [0.25, 0.3) is 0 Å². The van der Waals surface area contributed by atoms with Crippen molar-refractivity contribution in [3.8, 4) is 0 Å². The second-order valence-corrected chi connectivity index (χ2v) is 3.37. The van der Waals surface area contributed by atoms with Gasteiger partial charge in [-0.2, -0.15) is 5.10 Å². The lowest BCUT2D eigenvalue weighted by Gasteiger charge is -2.11. The van der Waals surface area contributed by atoms with Gasteiger partial charge >= 0.3 is 0 Å². The number of thiocarbonyl (C=S) groups is 1. The van der Waals surface area contributed by atoms with Crippen molar-refractivity contribution in [3.05, 3.63) is 35.9 Å². The molecule has 1 aromatic carbocycles. The van der Waals surface area contributed by atoms with Crippen molar-refractivity contribution in [2.45, 2.75) is 0 Å². The minimum atomic E-state index is 0.595. The SMILES string of the molecule is CN(C)C(=S)N/N=C/c1ccccc1. The van der Waals surface area contributed by atoms with Gasteiger partial charge in [0, 0.05) is 14.1 Å². The molecule has 0 fully saturated rings. The fourth-order valence-corrected chi connectivity index (χ4v) is 0.854. The van der Waals surface area contributed by atoms with E-state index < -0.39 is 0 Å². The zero-order valence-electron chi connectivity index (χ0n) is 8.27. The Balaban J connectivity index is 2.46. The number of hydrazone groups is 1. The van der Waals surface area contributed by atoms with Crippen molar-refractivity contribution < 1.29 is 0 Å². The lowest BCUT2D eigenvalue weighted by molar-refractivity contribution is 0.606. The highest BCUT2D eigenvalue weighted by molar-refractivity contribution is 7.80. The van der Waals surface area contributed by atoms with E-state index in [0.717, 1.165) is 5.56 Å². The summed E-state index contributed by atoms with van der Waals surface area (Å²) in [5.41, 5.74) is 3.80. The van der Waals surface area contributed by atoms with Gasteiger partial charge in [0.1, 0.15) is 0 Å². The van der Waals surface area contributed by atoms with Gasteiger partial charge in [0.15, 0.2) is 5.11 Å². The molecule has 3 nitrogen and oxygen atoms in total. The summed E-state index contributed by atoms with van der Waals surface area (Å²) in [6, 6.07) is 9.85. The van der Waals surface area contributed by atoms with Crippen LogP contribution in [-0.2, 0) is 0 Å². The van der Waals surface area contributed by atoms with Crippen LogP contribution in [0.2, 0.25) is 0 Å². The average molecular weight is 207 g/mol. The molecule has 0 heterocycles. The lowest BCUT2D eigenvalue weighted by atomic mass is 10.2. The highest BCUT2D eigenvalue weighted by atomic mass is 32.1. The Kier molecular flexibility index (Phi) is 4.07. The van der Waals surface area contributed by atoms with E-state index in [9.17, 15) is 0 Å². The molecule has 0 aliphatic carbocycles. The number of rotatable bonds is 2. The molecule has 0 saturated carbocycles. The molecule has 0 aromatic heterocycles. The standard InChI is InChI=1S/C10H13N3S/c1-13(2)10(14)12-11-8-9-6-4-3-5-7-9/h3-8H,1-2H3,(H,12,14)/b11-8+. The molecule has 0 radical (unpaired) electrons. The molecular weight excluding hydrogens is 194 g/mol. The molecule has 0 aliphatic heterocycles. The summed E-state index contributed by atoms with van der Waals surface area (Å²) >= 11 is 4.99. The van der Waals surface area contributed by atoms with Crippen molar-refractivity contribution in [1.82, 2.24) is 10.3 Å². The number of hydrogen-bond donors (Lipinski definition) is 1. The van der Waals surface area contributed by atoms with E-state index in [4.69, 9.17) is 12.2 Å².